The van der Waals surface area contributed by atoms with Crippen LogP contribution in [0.1, 0.15) is 17.3 Å². The molecule has 0 radical (unpaired) electrons. The van der Waals surface area contributed by atoms with E-state index in [1.165, 1.54) is 29.6 Å². The van der Waals surface area contributed by atoms with Crippen LogP contribution < -0.4 is 0 Å². The summed E-state index contributed by atoms with van der Waals surface area (Å²) in [6, 6.07) is 6.91. The molecule has 1 heterocycles. The molecule has 0 N–H and O–H groups in total. The summed E-state index contributed by atoms with van der Waals surface area (Å²) in [7, 11) is 0. The van der Waals surface area contributed by atoms with E-state index in [9.17, 15) is 4.79 Å². The van der Waals surface area contributed by atoms with Crippen molar-refractivity contribution in [3.63, 3.8) is 0 Å². The molecule has 0 saturated heterocycles. The lowest BCUT2D eigenvalue weighted by Crippen LogP contribution is -2.13. The second kappa shape index (κ2) is 5.62. The van der Waals surface area contributed by atoms with E-state index in [1.807, 2.05) is 6.92 Å². The number of benzene rings is 1. The fraction of sp³-hybridized carbons (Fsp3) is 0.182. The number of hydrogen-bond acceptors (Lipinski definition) is 5. The van der Waals surface area contributed by atoms with Crippen molar-refractivity contribution in [1.82, 2.24) is 9.36 Å². The first-order valence-corrected chi connectivity index (χ1v) is 6.93. The monoisotopic (exact) mass is 284 g/mol. The van der Waals surface area contributed by atoms with Crippen LogP contribution in [0.2, 0.25) is 5.02 Å². The summed E-state index contributed by atoms with van der Waals surface area (Å²) in [5.74, 6) is 0.0712. The van der Waals surface area contributed by atoms with E-state index in [0.29, 0.717) is 10.6 Å². The van der Waals surface area contributed by atoms with Crippen molar-refractivity contribution in [3.05, 3.63) is 41.2 Å². The van der Waals surface area contributed by atoms with E-state index in [2.05, 4.69) is 9.36 Å². The first-order valence-electron chi connectivity index (χ1n) is 4.90. The van der Waals surface area contributed by atoms with Crippen molar-refractivity contribution in [3.8, 4) is 0 Å². The van der Waals surface area contributed by atoms with Crippen molar-refractivity contribution in [1.29, 1.82) is 0 Å². The Morgan fingerprint density at radius 2 is 2.12 bits per heavy atom. The molecule has 0 aliphatic rings. The summed E-state index contributed by atoms with van der Waals surface area (Å²) in [5, 5.41) is 0.454. The Morgan fingerprint density at radius 3 is 2.71 bits per heavy atom. The molecular weight excluding hydrogens is 276 g/mol. The Balaban J connectivity index is 2.07. The van der Waals surface area contributed by atoms with Gasteiger partial charge in [-0.2, -0.15) is 4.37 Å². The predicted molar refractivity (Wildman–Crippen MR) is 71.0 cm³/mol. The number of thioether (sulfide) groups is 1. The van der Waals surface area contributed by atoms with Gasteiger partial charge in [0, 0.05) is 10.6 Å². The van der Waals surface area contributed by atoms with Gasteiger partial charge < -0.3 is 0 Å². The Labute approximate surface area is 112 Å². The Morgan fingerprint density at radius 1 is 1.41 bits per heavy atom. The van der Waals surface area contributed by atoms with Gasteiger partial charge in [-0.3, -0.25) is 4.79 Å². The minimum absolute atomic E-state index is 0.0712. The second-order valence-electron chi connectivity index (χ2n) is 3.34. The van der Waals surface area contributed by atoms with Crippen LogP contribution in [0, 0.1) is 0 Å². The Hall–Kier alpha value is -0.910. The number of ketones is 1. The average molecular weight is 285 g/mol. The quantitative estimate of drug-likeness (QED) is 0.636. The molecule has 88 valence electrons. The molecule has 0 spiro atoms. The van der Waals surface area contributed by atoms with Gasteiger partial charge in [0.1, 0.15) is 6.33 Å². The van der Waals surface area contributed by atoms with Gasteiger partial charge >= 0.3 is 0 Å². The topological polar surface area (TPSA) is 42.9 Å². The van der Waals surface area contributed by atoms with Gasteiger partial charge in [0.2, 0.25) is 0 Å². The predicted octanol–water partition coefficient (Wildman–Crippen LogP) is 3.56. The van der Waals surface area contributed by atoms with Crippen LogP contribution in [-0.2, 0) is 0 Å². The molecule has 1 aromatic carbocycles. The lowest BCUT2D eigenvalue weighted by molar-refractivity contribution is 0.0994. The zero-order chi connectivity index (χ0) is 12.3. The van der Waals surface area contributed by atoms with Gasteiger partial charge in [-0.05, 0) is 42.7 Å². The van der Waals surface area contributed by atoms with Crippen molar-refractivity contribution in [2.45, 2.75) is 16.5 Å². The SMILES string of the molecule is CC(Sc1ncns1)C(=O)c1ccc(Cl)cc1. The summed E-state index contributed by atoms with van der Waals surface area (Å²) < 4.78 is 4.71. The largest absolute Gasteiger partial charge is 0.293 e. The van der Waals surface area contributed by atoms with Crippen LogP contribution in [0.3, 0.4) is 0 Å². The molecular formula is C11H9ClN2OS2. The molecule has 0 aliphatic carbocycles. The highest BCUT2D eigenvalue weighted by molar-refractivity contribution is 8.02. The maximum atomic E-state index is 12.1. The lowest BCUT2D eigenvalue weighted by Gasteiger charge is -2.07. The zero-order valence-electron chi connectivity index (χ0n) is 8.96. The lowest BCUT2D eigenvalue weighted by atomic mass is 10.1. The third-order valence-electron chi connectivity index (χ3n) is 2.12. The number of carbonyl (C=O) groups is 1. The number of rotatable bonds is 4. The Kier molecular flexibility index (Phi) is 4.15. The van der Waals surface area contributed by atoms with Crippen molar-refractivity contribution in [2.75, 3.05) is 0 Å². The molecule has 0 amide bonds. The third-order valence-corrected chi connectivity index (χ3v) is 4.22. The van der Waals surface area contributed by atoms with E-state index in [1.54, 1.807) is 24.3 Å². The van der Waals surface area contributed by atoms with Crippen LogP contribution >= 0.6 is 34.9 Å². The second-order valence-corrected chi connectivity index (χ2v) is 6.14. The minimum Gasteiger partial charge on any atom is -0.293 e. The van der Waals surface area contributed by atoms with Crippen molar-refractivity contribution >= 4 is 40.7 Å². The number of nitrogens with zero attached hydrogens (tertiary/aromatic N) is 2. The van der Waals surface area contributed by atoms with E-state index in [4.69, 9.17) is 11.6 Å². The molecule has 0 aliphatic heterocycles. The Bertz CT molecular complexity index is 499. The van der Waals surface area contributed by atoms with Gasteiger partial charge in [-0.1, -0.05) is 23.4 Å². The van der Waals surface area contributed by atoms with Gasteiger partial charge in [0.15, 0.2) is 10.1 Å². The molecule has 1 atom stereocenters. The number of halogens is 1. The number of Topliss-reactive ketones (excluding diaryl/α,β-unsaturated/α-hetero) is 1. The molecule has 17 heavy (non-hydrogen) atoms. The molecule has 6 heteroatoms. The maximum Gasteiger partial charge on any atom is 0.175 e. The first kappa shape index (κ1) is 12.5. The summed E-state index contributed by atoms with van der Waals surface area (Å²) in [4.78, 5) is 16.1. The van der Waals surface area contributed by atoms with E-state index in [-0.39, 0.29) is 11.0 Å². The van der Waals surface area contributed by atoms with Gasteiger partial charge in [-0.15, -0.1) is 0 Å². The smallest absolute Gasteiger partial charge is 0.175 e. The summed E-state index contributed by atoms with van der Waals surface area (Å²) in [5.41, 5.74) is 0.666. The fourth-order valence-electron chi connectivity index (χ4n) is 1.27. The molecule has 0 bridgehead atoms. The summed E-state index contributed by atoms with van der Waals surface area (Å²) in [6.07, 6.45) is 1.49. The molecule has 0 fully saturated rings. The van der Waals surface area contributed by atoms with Crippen LogP contribution in [0.5, 0.6) is 0 Å². The molecule has 1 unspecified atom stereocenters. The number of hydrogen-bond donors (Lipinski definition) is 0. The average Bonchev–Trinajstić information content (AvgIpc) is 2.82. The molecule has 1 aromatic heterocycles. The normalized spacial score (nSPS) is 12.4. The van der Waals surface area contributed by atoms with Crippen LogP contribution in [0.25, 0.3) is 0 Å². The minimum atomic E-state index is -0.177. The van der Waals surface area contributed by atoms with E-state index >= 15 is 0 Å². The summed E-state index contributed by atoms with van der Waals surface area (Å²) >= 11 is 8.49. The molecule has 0 saturated carbocycles. The standard InChI is InChI=1S/C11H9ClN2OS2/c1-7(16-11-13-6-14-17-11)10(15)8-2-4-9(12)5-3-8/h2-7H,1H3. The van der Waals surface area contributed by atoms with Crippen molar-refractivity contribution in [2.24, 2.45) is 0 Å². The highest BCUT2D eigenvalue weighted by Gasteiger charge is 2.17. The van der Waals surface area contributed by atoms with Crippen LogP contribution in [-0.4, -0.2) is 20.4 Å². The molecule has 2 rings (SSSR count). The first-order chi connectivity index (χ1) is 8.16. The van der Waals surface area contributed by atoms with Crippen LogP contribution in [0.4, 0.5) is 0 Å². The third kappa shape index (κ3) is 3.28. The van der Waals surface area contributed by atoms with E-state index in [0.717, 1.165) is 4.34 Å². The summed E-state index contributed by atoms with van der Waals surface area (Å²) in [6.45, 7) is 1.86. The van der Waals surface area contributed by atoms with Crippen LogP contribution in [0.15, 0.2) is 34.9 Å². The fourth-order valence-corrected chi connectivity index (χ4v) is 3.06. The van der Waals surface area contributed by atoms with Gasteiger partial charge in [0.05, 0.1) is 5.25 Å². The highest BCUT2D eigenvalue weighted by atomic mass is 35.5. The molecule has 3 nitrogen and oxygen atoms in total. The van der Waals surface area contributed by atoms with E-state index < -0.39 is 0 Å². The number of carbonyl (C=O) groups excluding carboxylic acids is 1. The van der Waals surface area contributed by atoms with Crippen molar-refractivity contribution < 1.29 is 4.79 Å². The molecule has 2 aromatic rings. The highest BCUT2D eigenvalue weighted by Crippen LogP contribution is 2.26. The number of aromatic nitrogens is 2. The van der Waals surface area contributed by atoms with Gasteiger partial charge in [0.25, 0.3) is 0 Å². The maximum absolute atomic E-state index is 12.1. The zero-order valence-corrected chi connectivity index (χ0v) is 11.4. The van der Waals surface area contributed by atoms with Gasteiger partial charge in [-0.25, -0.2) is 4.98 Å².